The van der Waals surface area contributed by atoms with Gasteiger partial charge in [0.2, 0.25) is 0 Å². The molecule has 4 aliphatic carbocycles. The van der Waals surface area contributed by atoms with Crippen LogP contribution in [-0.2, 0) is 0 Å². The third kappa shape index (κ3) is 6.08. The lowest BCUT2D eigenvalue weighted by atomic mass is 9.44. The zero-order valence-corrected chi connectivity index (χ0v) is 27.1. The summed E-state index contributed by atoms with van der Waals surface area (Å²) in [5.74, 6) is 0.743. The van der Waals surface area contributed by atoms with Gasteiger partial charge in [-0.05, 0) is 109 Å². The SMILES string of the molecule is C=C(C)C1=CC(C2(C(C)F)CC2)C(=C)C=C1.Cc1ccc(C(=C2CC3(C2)CC(C)(C)C3)c2ccc(C(C)C)cc2)cc1. The molecule has 2 unspecified atom stereocenters. The third-order valence-electron chi connectivity index (χ3n) is 10.4. The predicted molar refractivity (Wildman–Crippen MR) is 179 cm³/mol. The predicted octanol–water partition coefficient (Wildman–Crippen LogP) is 11.9. The van der Waals surface area contributed by atoms with Crippen molar-refractivity contribution in [3.05, 3.63) is 124 Å². The molecule has 3 saturated carbocycles. The van der Waals surface area contributed by atoms with Crippen molar-refractivity contribution in [1.29, 1.82) is 0 Å². The fourth-order valence-electron chi connectivity index (χ4n) is 8.15. The molecule has 2 aromatic carbocycles. The Morgan fingerprint density at radius 2 is 1.43 bits per heavy atom. The van der Waals surface area contributed by atoms with Gasteiger partial charge < -0.3 is 0 Å². The number of benzene rings is 2. The van der Waals surface area contributed by atoms with Gasteiger partial charge in [0.15, 0.2) is 0 Å². The van der Waals surface area contributed by atoms with Gasteiger partial charge in [-0.1, -0.05) is 124 Å². The van der Waals surface area contributed by atoms with Crippen LogP contribution in [0, 0.1) is 29.1 Å². The Balaban J connectivity index is 0.000000189. The van der Waals surface area contributed by atoms with E-state index in [9.17, 15) is 4.39 Å². The molecule has 42 heavy (non-hydrogen) atoms. The second kappa shape index (κ2) is 11.3. The first-order valence-corrected chi connectivity index (χ1v) is 16.0. The summed E-state index contributed by atoms with van der Waals surface area (Å²) < 4.78 is 13.7. The zero-order chi connectivity index (χ0) is 30.4. The monoisotopic (exact) mass is 562 g/mol. The lowest BCUT2D eigenvalue weighted by Crippen LogP contribution is -2.48. The van der Waals surface area contributed by atoms with E-state index in [4.69, 9.17) is 0 Å². The minimum Gasteiger partial charge on any atom is -0.247 e. The third-order valence-corrected chi connectivity index (χ3v) is 10.4. The van der Waals surface area contributed by atoms with Crippen molar-refractivity contribution >= 4 is 5.57 Å². The summed E-state index contributed by atoms with van der Waals surface area (Å²) in [5, 5.41) is 0. The highest BCUT2D eigenvalue weighted by Crippen LogP contribution is 2.67. The van der Waals surface area contributed by atoms with Gasteiger partial charge in [0, 0.05) is 11.3 Å². The maximum atomic E-state index is 13.7. The number of allylic oxidation sites excluding steroid dienone is 7. The molecular weight excluding hydrogens is 511 g/mol. The van der Waals surface area contributed by atoms with Crippen molar-refractivity contribution in [2.24, 2.45) is 22.2 Å². The summed E-state index contributed by atoms with van der Waals surface area (Å²) in [6, 6.07) is 18.4. The molecule has 4 aliphatic rings. The van der Waals surface area contributed by atoms with Gasteiger partial charge in [-0.25, -0.2) is 4.39 Å². The van der Waals surface area contributed by atoms with Gasteiger partial charge in [-0.3, -0.25) is 0 Å². The molecule has 1 heteroatoms. The minimum absolute atomic E-state index is 0.157. The molecule has 0 saturated heterocycles. The Labute approximate surface area is 255 Å². The normalized spacial score (nSPS) is 23.3. The highest BCUT2D eigenvalue weighted by molar-refractivity contribution is 5.83. The van der Waals surface area contributed by atoms with Gasteiger partial charge in [-0.2, -0.15) is 0 Å². The number of aryl methyl sites for hydroxylation is 1. The smallest absolute Gasteiger partial charge is 0.104 e. The average molecular weight is 563 g/mol. The van der Waals surface area contributed by atoms with Crippen molar-refractivity contribution in [2.45, 2.75) is 99.1 Å². The number of alkyl halides is 1. The fourth-order valence-corrected chi connectivity index (χ4v) is 8.15. The Kier molecular flexibility index (Phi) is 8.21. The van der Waals surface area contributed by atoms with Crippen LogP contribution in [0.5, 0.6) is 0 Å². The molecule has 0 radical (unpaired) electrons. The Hall–Kier alpha value is -2.93. The van der Waals surface area contributed by atoms with E-state index in [1.54, 1.807) is 12.5 Å². The van der Waals surface area contributed by atoms with E-state index >= 15 is 0 Å². The van der Waals surface area contributed by atoms with Crippen molar-refractivity contribution in [3.8, 4) is 0 Å². The summed E-state index contributed by atoms with van der Waals surface area (Å²) in [4.78, 5) is 0. The van der Waals surface area contributed by atoms with E-state index in [-0.39, 0.29) is 11.3 Å². The van der Waals surface area contributed by atoms with Crippen LogP contribution in [0.3, 0.4) is 0 Å². The van der Waals surface area contributed by atoms with Crippen LogP contribution in [0.2, 0.25) is 0 Å². The molecule has 2 atom stereocenters. The van der Waals surface area contributed by atoms with E-state index in [0.717, 1.165) is 29.6 Å². The van der Waals surface area contributed by atoms with Gasteiger partial charge in [0.1, 0.15) is 6.17 Å². The summed E-state index contributed by atoms with van der Waals surface area (Å²) >= 11 is 0. The van der Waals surface area contributed by atoms with Crippen LogP contribution in [0.4, 0.5) is 4.39 Å². The van der Waals surface area contributed by atoms with E-state index in [2.05, 4.69) is 102 Å². The van der Waals surface area contributed by atoms with Gasteiger partial charge in [0.05, 0.1) is 0 Å². The number of hydrogen-bond donors (Lipinski definition) is 0. The molecular formula is C41H51F. The molecule has 0 nitrogen and oxygen atoms in total. The standard InChI is InChI=1S/C26H32.C15H19F/c1-18(2)20-10-12-22(13-11-20)24(21-8-6-19(3)7-9-21)23-14-26(15-23)16-25(4,5)17-26;1-10(2)13-6-5-11(3)14(9-13)15(7-8-15)12(4)16/h6-13,18H,14-17H2,1-5H3;5-6,9,12,14H,1,3,7-8H2,2,4H3. The Morgan fingerprint density at radius 1 is 0.881 bits per heavy atom. The fraction of sp³-hybridized carbons (Fsp3) is 0.463. The maximum Gasteiger partial charge on any atom is 0.104 e. The van der Waals surface area contributed by atoms with E-state index in [0.29, 0.717) is 16.7 Å². The zero-order valence-electron chi connectivity index (χ0n) is 27.1. The average Bonchev–Trinajstić information content (AvgIpc) is 3.71. The lowest BCUT2D eigenvalue weighted by molar-refractivity contribution is -0.0442. The molecule has 0 aliphatic heterocycles. The molecule has 0 N–H and O–H groups in total. The van der Waals surface area contributed by atoms with Crippen LogP contribution in [0.1, 0.15) is 108 Å². The van der Waals surface area contributed by atoms with Crippen LogP contribution in [0.15, 0.2) is 102 Å². The largest absolute Gasteiger partial charge is 0.247 e. The molecule has 1 spiro atoms. The van der Waals surface area contributed by atoms with Gasteiger partial charge in [-0.15, -0.1) is 0 Å². The number of rotatable bonds is 6. The summed E-state index contributed by atoms with van der Waals surface area (Å²) in [7, 11) is 0. The number of hydrogen-bond acceptors (Lipinski definition) is 0. The molecule has 0 aromatic heterocycles. The second-order valence-corrected chi connectivity index (χ2v) is 15.1. The Bertz CT molecular complexity index is 1410. The molecule has 0 amide bonds. The highest BCUT2D eigenvalue weighted by atomic mass is 19.1. The topological polar surface area (TPSA) is 0 Å². The quantitative estimate of drug-likeness (QED) is 0.328. The highest BCUT2D eigenvalue weighted by Gasteiger charge is 2.55. The van der Waals surface area contributed by atoms with Crippen molar-refractivity contribution in [1.82, 2.24) is 0 Å². The first kappa shape index (κ1) is 30.5. The molecule has 222 valence electrons. The van der Waals surface area contributed by atoms with Crippen LogP contribution in [-0.4, -0.2) is 6.17 Å². The molecule has 0 bridgehead atoms. The first-order chi connectivity index (χ1) is 19.7. The summed E-state index contributed by atoms with van der Waals surface area (Å²) in [5.41, 5.74) is 12.9. The minimum atomic E-state index is -0.761. The summed E-state index contributed by atoms with van der Waals surface area (Å²) in [6.45, 7) is 23.2. The van der Waals surface area contributed by atoms with Gasteiger partial charge in [0.25, 0.3) is 0 Å². The van der Waals surface area contributed by atoms with E-state index < -0.39 is 6.17 Å². The van der Waals surface area contributed by atoms with Crippen LogP contribution >= 0.6 is 0 Å². The summed E-state index contributed by atoms with van der Waals surface area (Å²) in [6.07, 6.45) is 12.8. The first-order valence-electron chi connectivity index (χ1n) is 16.0. The van der Waals surface area contributed by atoms with E-state index in [1.165, 1.54) is 53.5 Å². The van der Waals surface area contributed by atoms with Crippen LogP contribution in [0.25, 0.3) is 5.57 Å². The van der Waals surface area contributed by atoms with Crippen molar-refractivity contribution < 1.29 is 4.39 Å². The Morgan fingerprint density at radius 3 is 1.88 bits per heavy atom. The van der Waals surface area contributed by atoms with Crippen LogP contribution < -0.4 is 0 Å². The molecule has 3 fully saturated rings. The molecule has 0 heterocycles. The van der Waals surface area contributed by atoms with Crippen molar-refractivity contribution in [2.75, 3.05) is 0 Å². The number of halogens is 1. The maximum absolute atomic E-state index is 13.7. The van der Waals surface area contributed by atoms with Crippen molar-refractivity contribution in [3.63, 3.8) is 0 Å². The second-order valence-electron chi connectivity index (χ2n) is 15.1. The molecule has 2 aromatic rings. The lowest BCUT2D eigenvalue weighted by Gasteiger charge is -2.60. The molecule has 6 rings (SSSR count). The van der Waals surface area contributed by atoms with E-state index in [1.807, 2.05) is 19.1 Å². The van der Waals surface area contributed by atoms with Gasteiger partial charge >= 0.3 is 0 Å².